The first-order valence-electron chi connectivity index (χ1n) is 10.3. The summed E-state index contributed by atoms with van der Waals surface area (Å²) >= 11 is 5.63. The van der Waals surface area contributed by atoms with Crippen molar-refractivity contribution < 1.29 is 14.0 Å². The molecule has 0 aliphatic carbocycles. The number of hydrogen-bond donors (Lipinski definition) is 1. The number of carbonyl (C=O) groups is 2. The first-order valence-corrected chi connectivity index (χ1v) is 10.7. The molecule has 0 unspecified atom stereocenters. The molecule has 0 radical (unpaired) electrons. The maximum atomic E-state index is 14.1. The molecule has 1 N–H and O–H groups in total. The monoisotopic (exact) mass is 447 g/mol. The summed E-state index contributed by atoms with van der Waals surface area (Å²) in [5, 5.41) is 3.14. The van der Waals surface area contributed by atoms with Gasteiger partial charge in [-0.1, -0.05) is 54.6 Å². The van der Waals surface area contributed by atoms with E-state index < -0.39 is 6.04 Å². The van der Waals surface area contributed by atoms with Crippen LogP contribution in [0.15, 0.2) is 84.9 Å². The van der Waals surface area contributed by atoms with Gasteiger partial charge in [0, 0.05) is 12.2 Å². The minimum Gasteiger partial charge on any atom is -0.336 e. The van der Waals surface area contributed by atoms with Crippen molar-refractivity contribution in [2.45, 2.75) is 18.9 Å². The number of nitrogens with zero attached hydrogens (tertiary/aromatic N) is 2. The van der Waals surface area contributed by atoms with Crippen LogP contribution in [0.2, 0.25) is 0 Å². The van der Waals surface area contributed by atoms with Gasteiger partial charge >= 0.3 is 0 Å². The molecule has 0 aromatic heterocycles. The predicted molar refractivity (Wildman–Crippen MR) is 127 cm³/mol. The SMILES string of the molecule is O=C(C[C@H]1C(=O)N(c2ccccc2)C(=S)N1CCc1ccccc1F)Nc1ccccc1. The van der Waals surface area contributed by atoms with Crippen LogP contribution >= 0.6 is 12.2 Å². The average Bonchev–Trinajstić information content (AvgIpc) is 3.03. The third kappa shape index (κ3) is 4.68. The van der Waals surface area contributed by atoms with Crippen LogP contribution in [0.5, 0.6) is 0 Å². The van der Waals surface area contributed by atoms with Crippen molar-refractivity contribution in [2.75, 3.05) is 16.8 Å². The van der Waals surface area contributed by atoms with E-state index in [1.165, 1.54) is 11.0 Å². The van der Waals surface area contributed by atoms with Crippen LogP contribution in [0.4, 0.5) is 15.8 Å². The summed E-state index contributed by atoms with van der Waals surface area (Å²) in [6.45, 7) is 0.318. The molecule has 0 saturated carbocycles. The lowest BCUT2D eigenvalue weighted by Gasteiger charge is -2.24. The lowest BCUT2D eigenvalue weighted by atomic mass is 10.1. The average molecular weight is 448 g/mol. The molecule has 3 aromatic carbocycles. The molecule has 1 saturated heterocycles. The van der Waals surface area contributed by atoms with Crippen molar-refractivity contribution >= 4 is 40.5 Å². The molecule has 1 atom stereocenters. The smallest absolute Gasteiger partial charge is 0.256 e. The topological polar surface area (TPSA) is 52.7 Å². The van der Waals surface area contributed by atoms with E-state index in [0.29, 0.717) is 35.0 Å². The lowest BCUT2D eigenvalue weighted by molar-refractivity contribution is -0.124. The minimum atomic E-state index is -0.766. The van der Waals surface area contributed by atoms with Crippen LogP contribution in [0.25, 0.3) is 0 Å². The minimum absolute atomic E-state index is 0.0610. The number of amides is 2. The molecule has 1 fully saturated rings. The Bertz CT molecular complexity index is 1120. The van der Waals surface area contributed by atoms with Crippen molar-refractivity contribution in [1.82, 2.24) is 4.90 Å². The maximum Gasteiger partial charge on any atom is 0.256 e. The van der Waals surface area contributed by atoms with Gasteiger partial charge in [-0.15, -0.1) is 0 Å². The number of rotatable bonds is 7. The van der Waals surface area contributed by atoms with E-state index in [2.05, 4.69) is 5.32 Å². The van der Waals surface area contributed by atoms with Gasteiger partial charge in [-0.05, 0) is 54.5 Å². The summed E-state index contributed by atoms with van der Waals surface area (Å²) in [6.07, 6.45) is 0.300. The van der Waals surface area contributed by atoms with Gasteiger partial charge < -0.3 is 10.2 Å². The number of anilines is 2. The Morgan fingerprint density at radius 3 is 2.25 bits per heavy atom. The summed E-state index contributed by atoms with van der Waals surface area (Å²) in [7, 11) is 0. The van der Waals surface area contributed by atoms with Crippen molar-refractivity contribution in [3.63, 3.8) is 0 Å². The van der Waals surface area contributed by atoms with Crippen LogP contribution in [0, 0.1) is 5.82 Å². The molecule has 1 aliphatic heterocycles. The molecule has 4 rings (SSSR count). The van der Waals surface area contributed by atoms with Crippen molar-refractivity contribution in [1.29, 1.82) is 0 Å². The summed E-state index contributed by atoms with van der Waals surface area (Å²) in [5.41, 5.74) is 1.83. The number of carbonyl (C=O) groups excluding carboxylic acids is 2. The number of benzene rings is 3. The highest BCUT2D eigenvalue weighted by Gasteiger charge is 2.43. The maximum absolute atomic E-state index is 14.1. The second-order valence-electron chi connectivity index (χ2n) is 7.46. The van der Waals surface area contributed by atoms with E-state index in [0.717, 1.165) is 0 Å². The fraction of sp³-hybridized carbons (Fsp3) is 0.160. The highest BCUT2D eigenvalue weighted by molar-refractivity contribution is 7.80. The Morgan fingerprint density at radius 2 is 1.56 bits per heavy atom. The Kier molecular flexibility index (Phi) is 6.56. The number of para-hydroxylation sites is 2. The van der Waals surface area contributed by atoms with Gasteiger partial charge in [-0.2, -0.15) is 0 Å². The van der Waals surface area contributed by atoms with Crippen molar-refractivity contribution in [3.8, 4) is 0 Å². The van der Waals surface area contributed by atoms with Gasteiger partial charge in [-0.25, -0.2) is 4.39 Å². The Labute approximate surface area is 191 Å². The second-order valence-corrected chi connectivity index (χ2v) is 7.83. The Hall–Kier alpha value is -3.58. The fourth-order valence-electron chi connectivity index (χ4n) is 3.75. The molecule has 3 aromatic rings. The molecule has 1 aliphatic rings. The van der Waals surface area contributed by atoms with Crippen molar-refractivity contribution in [3.05, 3.63) is 96.3 Å². The number of nitrogens with one attached hydrogen (secondary N) is 1. The van der Waals surface area contributed by atoms with Gasteiger partial charge in [0.05, 0.1) is 12.1 Å². The molecule has 7 heteroatoms. The van der Waals surface area contributed by atoms with Gasteiger partial charge in [0.25, 0.3) is 5.91 Å². The zero-order valence-corrected chi connectivity index (χ0v) is 18.1. The normalized spacial score (nSPS) is 15.8. The van der Waals surface area contributed by atoms with E-state index in [4.69, 9.17) is 12.2 Å². The summed E-state index contributed by atoms with van der Waals surface area (Å²) in [6, 6.07) is 23.9. The van der Waals surface area contributed by atoms with Crippen LogP contribution < -0.4 is 10.2 Å². The fourth-order valence-corrected chi connectivity index (χ4v) is 4.17. The van der Waals surface area contributed by atoms with Crippen LogP contribution in [0.1, 0.15) is 12.0 Å². The molecular formula is C25H22FN3O2S. The highest BCUT2D eigenvalue weighted by Crippen LogP contribution is 2.27. The van der Waals surface area contributed by atoms with Crippen LogP contribution in [-0.2, 0) is 16.0 Å². The highest BCUT2D eigenvalue weighted by atomic mass is 32.1. The number of hydrogen-bond acceptors (Lipinski definition) is 3. The zero-order valence-electron chi connectivity index (χ0n) is 17.3. The lowest BCUT2D eigenvalue weighted by Crippen LogP contribution is -2.39. The largest absolute Gasteiger partial charge is 0.336 e. The molecule has 0 bridgehead atoms. The van der Waals surface area contributed by atoms with Crippen LogP contribution in [-0.4, -0.2) is 34.4 Å². The molecule has 32 heavy (non-hydrogen) atoms. The number of thiocarbonyl (C=S) groups is 1. The molecule has 162 valence electrons. The second kappa shape index (κ2) is 9.70. The van der Waals surface area contributed by atoms with E-state index >= 15 is 0 Å². The molecule has 2 amide bonds. The van der Waals surface area contributed by atoms with E-state index in [9.17, 15) is 14.0 Å². The van der Waals surface area contributed by atoms with Gasteiger partial charge in [-0.3, -0.25) is 14.5 Å². The molecule has 1 heterocycles. The summed E-state index contributed by atoms with van der Waals surface area (Å²) < 4.78 is 14.1. The number of halogens is 1. The van der Waals surface area contributed by atoms with E-state index in [-0.39, 0.29) is 24.1 Å². The standard InChI is InChI=1S/C25H22FN3O2S/c26-21-14-8-7-9-18(21)15-16-28-22(17-23(30)27-19-10-3-1-4-11-19)24(31)29(25(28)32)20-12-5-2-6-13-20/h1-14,22H,15-17H2,(H,27,30)/t22-/m0/s1. The van der Waals surface area contributed by atoms with Gasteiger partial charge in [0.15, 0.2) is 5.11 Å². The van der Waals surface area contributed by atoms with Crippen LogP contribution in [0.3, 0.4) is 0 Å². The first-order chi connectivity index (χ1) is 15.5. The third-order valence-corrected chi connectivity index (χ3v) is 5.77. The summed E-state index contributed by atoms with van der Waals surface area (Å²) in [4.78, 5) is 29.2. The van der Waals surface area contributed by atoms with Crippen molar-refractivity contribution in [2.24, 2.45) is 0 Å². The Balaban J connectivity index is 1.56. The predicted octanol–water partition coefficient (Wildman–Crippen LogP) is 4.40. The first kappa shape index (κ1) is 21.6. The van der Waals surface area contributed by atoms with Gasteiger partial charge in [0.2, 0.25) is 5.91 Å². The molecular weight excluding hydrogens is 425 g/mol. The third-order valence-electron chi connectivity index (χ3n) is 5.35. The Morgan fingerprint density at radius 1 is 0.938 bits per heavy atom. The quantitative estimate of drug-likeness (QED) is 0.546. The van der Waals surface area contributed by atoms with E-state index in [1.807, 2.05) is 36.4 Å². The molecule has 0 spiro atoms. The zero-order chi connectivity index (χ0) is 22.5. The molecule has 5 nitrogen and oxygen atoms in total. The van der Waals surface area contributed by atoms with E-state index in [1.54, 1.807) is 47.4 Å². The summed E-state index contributed by atoms with van der Waals surface area (Å²) in [5.74, 6) is -0.858. The van der Waals surface area contributed by atoms with Gasteiger partial charge in [0.1, 0.15) is 11.9 Å².